The highest BCUT2D eigenvalue weighted by molar-refractivity contribution is 7.14. The zero-order valence-electron chi connectivity index (χ0n) is 14.8. The normalized spacial score (nSPS) is 16.6. The zero-order valence-corrected chi connectivity index (χ0v) is 15.6. The number of carbonyl (C=O) groups excluding carboxylic acids is 2. The van der Waals surface area contributed by atoms with Gasteiger partial charge >= 0.3 is 5.97 Å². The topological polar surface area (TPSA) is 48.3 Å². The lowest BCUT2D eigenvalue weighted by Crippen LogP contribution is -2.14. The van der Waals surface area contributed by atoms with E-state index in [2.05, 4.69) is 4.57 Å². The van der Waals surface area contributed by atoms with Gasteiger partial charge < -0.3 is 9.30 Å². The number of esters is 1. The Labute approximate surface area is 151 Å². The molecule has 0 saturated heterocycles. The fourth-order valence-electron chi connectivity index (χ4n) is 3.83. The molecule has 2 aromatic rings. The van der Waals surface area contributed by atoms with Gasteiger partial charge in [0.2, 0.25) is 5.78 Å². The smallest absolute Gasteiger partial charge is 0.348 e. The van der Waals surface area contributed by atoms with E-state index in [1.54, 1.807) is 0 Å². The second kappa shape index (κ2) is 6.45. The maximum absolute atomic E-state index is 12.5. The molecule has 0 N–H and O–H groups in total. The van der Waals surface area contributed by atoms with Crippen molar-refractivity contribution in [3.05, 3.63) is 44.4 Å². The molecule has 132 valence electrons. The van der Waals surface area contributed by atoms with Gasteiger partial charge in [0.1, 0.15) is 4.88 Å². The van der Waals surface area contributed by atoms with Gasteiger partial charge in [-0.1, -0.05) is 0 Å². The van der Waals surface area contributed by atoms with Crippen LogP contribution >= 0.6 is 11.3 Å². The molecular formula is C20H23NO3S. The number of aryl methyl sites for hydroxylation is 3. The van der Waals surface area contributed by atoms with Crippen LogP contribution in [0.4, 0.5) is 0 Å². The van der Waals surface area contributed by atoms with Crippen LogP contribution in [0, 0.1) is 13.8 Å². The van der Waals surface area contributed by atoms with E-state index in [-0.39, 0.29) is 18.4 Å². The number of rotatable bonds is 5. The predicted octanol–water partition coefficient (Wildman–Crippen LogP) is 4.42. The van der Waals surface area contributed by atoms with Crippen LogP contribution in [0.15, 0.2) is 12.1 Å². The number of thiophene rings is 1. The third-order valence-corrected chi connectivity index (χ3v) is 6.45. The van der Waals surface area contributed by atoms with Crippen molar-refractivity contribution >= 4 is 23.1 Å². The summed E-state index contributed by atoms with van der Waals surface area (Å²) in [5.74, 6) is -0.488. The Balaban J connectivity index is 1.42. The Bertz CT molecular complexity index is 818. The van der Waals surface area contributed by atoms with Crippen LogP contribution in [0.3, 0.4) is 0 Å². The molecule has 4 nitrogen and oxygen atoms in total. The summed E-state index contributed by atoms with van der Waals surface area (Å²) in [6.45, 7) is 3.83. The highest BCUT2D eigenvalue weighted by Gasteiger charge is 2.28. The summed E-state index contributed by atoms with van der Waals surface area (Å²) in [6.07, 6.45) is 6.85. The molecule has 2 heterocycles. The number of ketones is 1. The van der Waals surface area contributed by atoms with Crippen molar-refractivity contribution in [2.24, 2.45) is 0 Å². The second-order valence-electron chi connectivity index (χ2n) is 7.15. The summed E-state index contributed by atoms with van der Waals surface area (Å²) in [4.78, 5) is 26.8. The number of ether oxygens (including phenoxy) is 1. The van der Waals surface area contributed by atoms with Gasteiger partial charge in [0.05, 0.1) is 0 Å². The van der Waals surface area contributed by atoms with Crippen molar-refractivity contribution in [2.75, 3.05) is 6.61 Å². The molecule has 0 atom stereocenters. The van der Waals surface area contributed by atoms with E-state index in [9.17, 15) is 9.59 Å². The van der Waals surface area contributed by atoms with Gasteiger partial charge in [-0.2, -0.15) is 0 Å². The van der Waals surface area contributed by atoms with Gasteiger partial charge in [-0.25, -0.2) is 4.79 Å². The Morgan fingerprint density at radius 2 is 1.96 bits per heavy atom. The van der Waals surface area contributed by atoms with E-state index >= 15 is 0 Å². The number of hydrogen-bond acceptors (Lipinski definition) is 4. The van der Waals surface area contributed by atoms with Crippen molar-refractivity contribution in [1.29, 1.82) is 0 Å². The first kappa shape index (κ1) is 16.6. The van der Waals surface area contributed by atoms with Crippen molar-refractivity contribution in [1.82, 2.24) is 4.57 Å². The quantitative estimate of drug-likeness (QED) is 0.588. The average Bonchev–Trinajstić information content (AvgIpc) is 3.25. The molecule has 4 rings (SSSR count). The van der Waals surface area contributed by atoms with E-state index in [1.165, 1.54) is 47.5 Å². The molecule has 0 amide bonds. The van der Waals surface area contributed by atoms with Crippen LogP contribution in [-0.2, 0) is 17.6 Å². The first-order valence-corrected chi connectivity index (χ1v) is 9.86. The molecular weight excluding hydrogens is 334 g/mol. The number of hydrogen-bond donors (Lipinski definition) is 0. The van der Waals surface area contributed by atoms with E-state index in [0.717, 1.165) is 24.2 Å². The van der Waals surface area contributed by atoms with Gasteiger partial charge in [-0.15, -0.1) is 11.3 Å². The molecule has 1 saturated carbocycles. The SMILES string of the molecule is Cc1cc(C(=O)COC(=O)c2cc3c(s2)CCCC3)c(C)n1C1CC1. The number of nitrogens with zero attached hydrogens (tertiary/aromatic N) is 1. The van der Waals surface area contributed by atoms with Crippen molar-refractivity contribution in [2.45, 2.75) is 58.4 Å². The summed E-state index contributed by atoms with van der Waals surface area (Å²) < 4.78 is 7.55. The van der Waals surface area contributed by atoms with Gasteiger partial charge in [-0.3, -0.25) is 4.79 Å². The number of aromatic nitrogens is 1. The lowest BCUT2D eigenvalue weighted by molar-refractivity contribution is 0.0479. The molecule has 0 unspecified atom stereocenters. The molecule has 25 heavy (non-hydrogen) atoms. The number of Topliss-reactive ketones (excluding diaryl/α,β-unsaturated/α-hetero) is 1. The Kier molecular flexibility index (Phi) is 4.28. The molecule has 0 aliphatic heterocycles. The van der Waals surface area contributed by atoms with Crippen LogP contribution in [0.2, 0.25) is 0 Å². The van der Waals surface area contributed by atoms with Gasteiger partial charge in [-0.05, 0) is 70.1 Å². The zero-order chi connectivity index (χ0) is 17.6. The largest absolute Gasteiger partial charge is 0.453 e. The molecule has 5 heteroatoms. The molecule has 2 aromatic heterocycles. The maximum atomic E-state index is 12.5. The fraction of sp³-hybridized carbons (Fsp3) is 0.500. The molecule has 0 spiro atoms. The average molecular weight is 357 g/mol. The fourth-order valence-corrected chi connectivity index (χ4v) is 4.97. The minimum absolute atomic E-state index is 0.116. The molecule has 0 radical (unpaired) electrons. The Hall–Kier alpha value is -1.88. The lowest BCUT2D eigenvalue weighted by Gasteiger charge is -2.08. The molecule has 0 bridgehead atoms. The van der Waals surface area contributed by atoms with Crippen LogP contribution < -0.4 is 0 Å². The lowest BCUT2D eigenvalue weighted by atomic mass is 9.99. The predicted molar refractivity (Wildman–Crippen MR) is 97.8 cm³/mol. The van der Waals surface area contributed by atoms with Gasteiger partial charge in [0, 0.05) is 27.9 Å². The van der Waals surface area contributed by atoms with Gasteiger partial charge in [0.15, 0.2) is 6.61 Å². The third kappa shape index (κ3) is 3.17. The molecule has 2 aliphatic carbocycles. The summed E-state index contributed by atoms with van der Waals surface area (Å²) in [5.41, 5.74) is 4.07. The second-order valence-corrected chi connectivity index (χ2v) is 8.29. The van der Waals surface area contributed by atoms with Crippen LogP contribution in [0.1, 0.15) is 73.6 Å². The van der Waals surface area contributed by atoms with Crippen molar-refractivity contribution in [3.8, 4) is 0 Å². The number of fused-ring (bicyclic) bond motifs is 1. The Morgan fingerprint density at radius 3 is 2.68 bits per heavy atom. The standard InChI is InChI=1S/C20H23NO3S/c1-12-9-16(13(2)21(12)15-7-8-15)17(22)11-24-20(23)19-10-14-5-3-4-6-18(14)25-19/h9-10,15H,3-8,11H2,1-2H3. The highest BCUT2D eigenvalue weighted by atomic mass is 32.1. The van der Waals surface area contributed by atoms with Crippen LogP contribution in [0.5, 0.6) is 0 Å². The van der Waals surface area contributed by atoms with Crippen LogP contribution in [-0.4, -0.2) is 22.9 Å². The summed E-state index contributed by atoms with van der Waals surface area (Å²) in [7, 11) is 0. The Morgan fingerprint density at radius 1 is 1.20 bits per heavy atom. The molecule has 0 aromatic carbocycles. The monoisotopic (exact) mass is 357 g/mol. The summed E-state index contributed by atoms with van der Waals surface area (Å²) in [6, 6.07) is 4.42. The first-order valence-electron chi connectivity index (χ1n) is 9.05. The van der Waals surface area contributed by atoms with Crippen LogP contribution in [0.25, 0.3) is 0 Å². The van der Waals surface area contributed by atoms with Gasteiger partial charge in [0.25, 0.3) is 0 Å². The minimum atomic E-state index is -0.372. The first-order chi connectivity index (χ1) is 12.0. The van der Waals surface area contributed by atoms with Crippen molar-refractivity contribution < 1.29 is 14.3 Å². The van der Waals surface area contributed by atoms with E-state index < -0.39 is 0 Å². The summed E-state index contributed by atoms with van der Waals surface area (Å²) >= 11 is 1.52. The van der Waals surface area contributed by atoms with E-state index in [4.69, 9.17) is 4.74 Å². The van der Waals surface area contributed by atoms with E-state index in [0.29, 0.717) is 16.5 Å². The molecule has 2 aliphatic rings. The maximum Gasteiger partial charge on any atom is 0.348 e. The van der Waals surface area contributed by atoms with E-state index in [1.807, 2.05) is 26.0 Å². The third-order valence-electron chi connectivity index (χ3n) is 5.23. The summed E-state index contributed by atoms with van der Waals surface area (Å²) in [5, 5.41) is 0. The minimum Gasteiger partial charge on any atom is -0.453 e. The number of carbonyl (C=O) groups is 2. The highest BCUT2D eigenvalue weighted by Crippen LogP contribution is 2.38. The van der Waals surface area contributed by atoms with Crippen molar-refractivity contribution in [3.63, 3.8) is 0 Å². The molecule has 1 fully saturated rings.